The molecule has 90 valence electrons. The number of nitrogens with zero attached hydrogens (tertiary/aromatic N) is 2. The molecule has 0 amide bonds. The summed E-state index contributed by atoms with van der Waals surface area (Å²) in [6.07, 6.45) is 3.75. The van der Waals surface area contributed by atoms with Crippen molar-refractivity contribution in [1.82, 2.24) is 9.78 Å². The first-order valence-corrected chi connectivity index (χ1v) is 5.76. The number of rotatable bonds is 4. The fourth-order valence-electron chi connectivity index (χ4n) is 1.42. The molecule has 0 fully saturated rings. The predicted molar refractivity (Wildman–Crippen MR) is 68.1 cm³/mol. The van der Waals surface area contributed by atoms with Gasteiger partial charge in [0.2, 0.25) is 0 Å². The number of hydrogen-bond donors (Lipinski definition) is 1. The van der Waals surface area contributed by atoms with Gasteiger partial charge in [-0.05, 0) is 19.1 Å². The molecule has 0 atom stereocenters. The molecule has 0 unspecified atom stereocenters. The Kier molecular flexibility index (Phi) is 3.54. The topological polar surface area (TPSA) is 53.1 Å². The van der Waals surface area contributed by atoms with Crippen LogP contribution in [0.2, 0.25) is 5.02 Å². The first kappa shape index (κ1) is 11.8. The van der Waals surface area contributed by atoms with E-state index in [4.69, 9.17) is 22.1 Å². The molecule has 1 aromatic carbocycles. The van der Waals surface area contributed by atoms with E-state index in [2.05, 4.69) is 5.10 Å². The first-order valence-electron chi connectivity index (χ1n) is 5.38. The maximum Gasteiger partial charge on any atom is 0.121 e. The van der Waals surface area contributed by atoms with Crippen LogP contribution in [-0.4, -0.2) is 9.78 Å². The second-order valence-electron chi connectivity index (χ2n) is 3.68. The minimum atomic E-state index is 0.472. The van der Waals surface area contributed by atoms with Gasteiger partial charge in [0, 0.05) is 24.4 Å². The molecule has 1 heterocycles. The van der Waals surface area contributed by atoms with E-state index in [1.807, 2.05) is 17.8 Å². The van der Waals surface area contributed by atoms with Gasteiger partial charge >= 0.3 is 0 Å². The summed E-state index contributed by atoms with van der Waals surface area (Å²) in [7, 11) is 0. The van der Waals surface area contributed by atoms with Crippen molar-refractivity contribution in [2.24, 2.45) is 0 Å². The Morgan fingerprint density at radius 1 is 1.47 bits per heavy atom. The van der Waals surface area contributed by atoms with Crippen LogP contribution in [-0.2, 0) is 13.2 Å². The van der Waals surface area contributed by atoms with Crippen molar-refractivity contribution < 1.29 is 4.74 Å². The summed E-state index contributed by atoms with van der Waals surface area (Å²) < 4.78 is 7.45. The third-order valence-electron chi connectivity index (χ3n) is 2.39. The number of aromatic nitrogens is 2. The van der Waals surface area contributed by atoms with Gasteiger partial charge in [0.1, 0.15) is 12.4 Å². The van der Waals surface area contributed by atoms with Crippen molar-refractivity contribution in [2.45, 2.75) is 20.1 Å². The van der Waals surface area contributed by atoms with Crippen molar-refractivity contribution in [1.29, 1.82) is 0 Å². The van der Waals surface area contributed by atoms with Crippen molar-refractivity contribution >= 4 is 17.3 Å². The van der Waals surface area contributed by atoms with E-state index in [0.29, 0.717) is 23.1 Å². The lowest BCUT2D eigenvalue weighted by Gasteiger charge is -2.05. The summed E-state index contributed by atoms with van der Waals surface area (Å²) in [5.41, 5.74) is 7.20. The highest BCUT2D eigenvalue weighted by Gasteiger charge is 2.01. The fourth-order valence-corrected chi connectivity index (χ4v) is 1.59. The molecule has 5 heteroatoms. The molecule has 0 bridgehead atoms. The van der Waals surface area contributed by atoms with Crippen LogP contribution in [0.25, 0.3) is 0 Å². The van der Waals surface area contributed by atoms with E-state index in [0.717, 1.165) is 12.1 Å². The SMILES string of the molecule is CCn1cc(COc2ccc(N)c(Cl)c2)cn1. The minimum Gasteiger partial charge on any atom is -0.489 e. The van der Waals surface area contributed by atoms with Crippen LogP contribution in [0, 0.1) is 0 Å². The Morgan fingerprint density at radius 2 is 2.29 bits per heavy atom. The standard InChI is InChI=1S/C12H14ClN3O/c1-2-16-7-9(6-15-16)8-17-10-3-4-12(14)11(13)5-10/h3-7H,2,8,14H2,1H3. The van der Waals surface area contributed by atoms with Gasteiger partial charge in [-0.1, -0.05) is 11.6 Å². The van der Waals surface area contributed by atoms with Crippen molar-refractivity contribution in [2.75, 3.05) is 5.73 Å². The number of hydrogen-bond acceptors (Lipinski definition) is 3. The molecule has 0 spiro atoms. The fraction of sp³-hybridized carbons (Fsp3) is 0.250. The number of benzene rings is 1. The molecule has 4 nitrogen and oxygen atoms in total. The summed E-state index contributed by atoms with van der Waals surface area (Å²) in [6.45, 7) is 3.37. The van der Waals surface area contributed by atoms with E-state index < -0.39 is 0 Å². The highest BCUT2D eigenvalue weighted by Crippen LogP contribution is 2.24. The second-order valence-corrected chi connectivity index (χ2v) is 4.08. The molecule has 0 saturated carbocycles. The normalized spacial score (nSPS) is 10.5. The molecule has 2 aromatic rings. The van der Waals surface area contributed by atoms with Crippen LogP contribution in [0.3, 0.4) is 0 Å². The molecule has 2 N–H and O–H groups in total. The number of nitrogens with two attached hydrogens (primary N) is 1. The lowest BCUT2D eigenvalue weighted by molar-refractivity contribution is 0.306. The molecule has 0 aliphatic carbocycles. The van der Waals surface area contributed by atoms with E-state index in [-0.39, 0.29) is 0 Å². The maximum atomic E-state index is 5.90. The van der Waals surface area contributed by atoms with Gasteiger partial charge in [0.15, 0.2) is 0 Å². The summed E-state index contributed by atoms with van der Waals surface area (Å²) >= 11 is 5.90. The Bertz CT molecular complexity index is 510. The number of ether oxygens (including phenoxy) is 1. The number of aryl methyl sites for hydroxylation is 1. The van der Waals surface area contributed by atoms with Crippen molar-refractivity contribution in [3.8, 4) is 5.75 Å². The van der Waals surface area contributed by atoms with Gasteiger partial charge in [-0.3, -0.25) is 4.68 Å². The van der Waals surface area contributed by atoms with Crippen LogP contribution in [0.4, 0.5) is 5.69 Å². The first-order chi connectivity index (χ1) is 8.19. The van der Waals surface area contributed by atoms with Gasteiger partial charge in [0.05, 0.1) is 16.9 Å². The lowest BCUT2D eigenvalue weighted by Crippen LogP contribution is -1.96. The van der Waals surface area contributed by atoms with Gasteiger partial charge in [-0.25, -0.2) is 0 Å². The molecular formula is C12H14ClN3O. The van der Waals surface area contributed by atoms with Crippen LogP contribution in [0.15, 0.2) is 30.6 Å². The quantitative estimate of drug-likeness (QED) is 0.850. The molecular weight excluding hydrogens is 238 g/mol. The highest BCUT2D eigenvalue weighted by molar-refractivity contribution is 6.33. The average Bonchev–Trinajstić information content (AvgIpc) is 2.79. The number of anilines is 1. The van der Waals surface area contributed by atoms with Crippen LogP contribution >= 0.6 is 11.6 Å². The summed E-state index contributed by atoms with van der Waals surface area (Å²) in [4.78, 5) is 0. The lowest BCUT2D eigenvalue weighted by atomic mass is 10.3. The van der Waals surface area contributed by atoms with Crippen LogP contribution < -0.4 is 10.5 Å². The summed E-state index contributed by atoms with van der Waals surface area (Å²) in [6, 6.07) is 5.24. The molecule has 0 aliphatic heterocycles. The zero-order chi connectivity index (χ0) is 12.3. The van der Waals surface area contributed by atoms with Gasteiger partial charge in [-0.2, -0.15) is 5.10 Å². The van der Waals surface area contributed by atoms with Gasteiger partial charge in [-0.15, -0.1) is 0 Å². The van der Waals surface area contributed by atoms with E-state index in [1.165, 1.54) is 0 Å². The monoisotopic (exact) mass is 251 g/mol. The smallest absolute Gasteiger partial charge is 0.121 e. The van der Waals surface area contributed by atoms with E-state index in [9.17, 15) is 0 Å². The minimum absolute atomic E-state index is 0.472. The van der Waals surface area contributed by atoms with Crippen molar-refractivity contribution in [3.05, 3.63) is 41.2 Å². The number of nitrogen functional groups attached to an aromatic ring is 1. The molecule has 0 saturated heterocycles. The summed E-state index contributed by atoms with van der Waals surface area (Å²) in [5.74, 6) is 0.702. The number of halogens is 1. The Morgan fingerprint density at radius 3 is 2.94 bits per heavy atom. The van der Waals surface area contributed by atoms with Crippen LogP contribution in [0.5, 0.6) is 5.75 Å². The molecule has 0 aliphatic rings. The Labute approximate surface area is 105 Å². The third kappa shape index (κ3) is 2.91. The van der Waals surface area contributed by atoms with Gasteiger partial charge in [0.25, 0.3) is 0 Å². The third-order valence-corrected chi connectivity index (χ3v) is 2.72. The maximum absolute atomic E-state index is 5.90. The Balaban J connectivity index is 1.99. The second kappa shape index (κ2) is 5.10. The molecule has 17 heavy (non-hydrogen) atoms. The van der Waals surface area contributed by atoms with Crippen molar-refractivity contribution in [3.63, 3.8) is 0 Å². The van der Waals surface area contributed by atoms with E-state index >= 15 is 0 Å². The average molecular weight is 252 g/mol. The largest absolute Gasteiger partial charge is 0.489 e. The van der Waals surface area contributed by atoms with Crippen LogP contribution in [0.1, 0.15) is 12.5 Å². The molecule has 1 aromatic heterocycles. The van der Waals surface area contributed by atoms with E-state index in [1.54, 1.807) is 24.4 Å². The molecule has 2 rings (SSSR count). The summed E-state index contributed by atoms with van der Waals surface area (Å²) in [5, 5.41) is 4.68. The zero-order valence-corrected chi connectivity index (χ0v) is 10.3. The zero-order valence-electron chi connectivity index (χ0n) is 9.56. The predicted octanol–water partition coefficient (Wildman–Crippen LogP) is 2.72. The Hall–Kier alpha value is -1.68. The highest BCUT2D eigenvalue weighted by atomic mass is 35.5. The molecule has 0 radical (unpaired) electrons. The van der Waals surface area contributed by atoms with Gasteiger partial charge < -0.3 is 10.5 Å².